The smallest absolute Gasteiger partial charge is 0.321 e. The summed E-state index contributed by atoms with van der Waals surface area (Å²) in [6.45, 7) is 6.58. The fourth-order valence-corrected chi connectivity index (χ4v) is 3.04. The number of hydrogen-bond donors (Lipinski definition) is 1. The number of nitrogens with zero attached hydrogens (tertiary/aromatic N) is 4. The fourth-order valence-electron chi connectivity index (χ4n) is 3.04. The van der Waals surface area contributed by atoms with E-state index in [4.69, 9.17) is 9.47 Å². The molecule has 0 spiro atoms. The molecule has 0 saturated carbocycles. The summed E-state index contributed by atoms with van der Waals surface area (Å²) in [5.41, 5.74) is 3.08. The van der Waals surface area contributed by atoms with Gasteiger partial charge in [0.15, 0.2) is 0 Å². The number of piperazine rings is 1. The van der Waals surface area contributed by atoms with Crippen molar-refractivity contribution in [1.82, 2.24) is 14.9 Å². The molecule has 0 aliphatic carbocycles. The van der Waals surface area contributed by atoms with E-state index in [0.29, 0.717) is 32.1 Å². The maximum absolute atomic E-state index is 12.6. The van der Waals surface area contributed by atoms with E-state index in [1.54, 1.807) is 13.2 Å². The number of carbonyl (C=O) groups is 1. The van der Waals surface area contributed by atoms with Gasteiger partial charge in [-0.05, 0) is 25.5 Å². The molecule has 2 amide bonds. The van der Waals surface area contributed by atoms with Gasteiger partial charge in [-0.15, -0.1) is 0 Å². The molecule has 2 heterocycles. The van der Waals surface area contributed by atoms with Gasteiger partial charge < -0.3 is 24.6 Å². The summed E-state index contributed by atoms with van der Waals surface area (Å²) in [5.74, 6) is 1.18. The summed E-state index contributed by atoms with van der Waals surface area (Å²) in [5, 5.41) is 3.00. The molecule has 0 radical (unpaired) electrons. The topological polar surface area (TPSA) is 79.8 Å². The van der Waals surface area contributed by atoms with Crippen molar-refractivity contribution >= 4 is 17.5 Å². The molecule has 8 heteroatoms. The molecule has 1 fully saturated rings. The van der Waals surface area contributed by atoms with Crippen molar-refractivity contribution in [3.05, 3.63) is 35.4 Å². The second-order valence-electron chi connectivity index (χ2n) is 6.48. The lowest BCUT2D eigenvalue weighted by Crippen LogP contribution is -2.50. The van der Waals surface area contributed by atoms with Crippen LogP contribution in [0.5, 0.6) is 11.9 Å². The van der Waals surface area contributed by atoms with Crippen molar-refractivity contribution in [3.8, 4) is 11.9 Å². The lowest BCUT2D eigenvalue weighted by Gasteiger charge is -2.35. The zero-order valence-corrected chi connectivity index (χ0v) is 16.2. The van der Waals surface area contributed by atoms with E-state index in [1.165, 1.54) is 12.7 Å². The summed E-state index contributed by atoms with van der Waals surface area (Å²) >= 11 is 0. The number of rotatable bonds is 4. The predicted octanol–water partition coefficient (Wildman–Crippen LogP) is 2.46. The highest BCUT2D eigenvalue weighted by molar-refractivity contribution is 5.90. The Kier molecular flexibility index (Phi) is 5.63. The Morgan fingerprint density at radius 2 is 1.78 bits per heavy atom. The Hall–Kier alpha value is -3.03. The van der Waals surface area contributed by atoms with Gasteiger partial charge in [0.25, 0.3) is 0 Å². The van der Waals surface area contributed by atoms with Crippen molar-refractivity contribution in [3.63, 3.8) is 0 Å². The fraction of sp³-hybridized carbons (Fsp3) is 0.421. The van der Waals surface area contributed by atoms with Gasteiger partial charge in [0.05, 0.1) is 14.2 Å². The molecule has 144 valence electrons. The largest absolute Gasteiger partial charge is 0.481 e. The van der Waals surface area contributed by atoms with Gasteiger partial charge in [-0.2, -0.15) is 9.97 Å². The number of aryl methyl sites for hydroxylation is 2. The van der Waals surface area contributed by atoms with Crippen molar-refractivity contribution in [2.24, 2.45) is 0 Å². The number of carbonyl (C=O) groups excluding carboxylic acids is 1. The molecular formula is C19H25N5O3. The molecule has 1 aromatic heterocycles. The summed E-state index contributed by atoms with van der Waals surface area (Å²) in [7, 11) is 3.08. The maximum atomic E-state index is 12.6. The zero-order chi connectivity index (χ0) is 19.4. The van der Waals surface area contributed by atoms with Crippen LogP contribution in [0.4, 0.5) is 16.3 Å². The molecule has 27 heavy (non-hydrogen) atoms. The third kappa shape index (κ3) is 4.39. The molecule has 8 nitrogen and oxygen atoms in total. The number of methoxy groups -OCH3 is 2. The number of amides is 2. The Bertz CT molecular complexity index is 797. The molecule has 0 unspecified atom stereocenters. The number of anilines is 2. The van der Waals surface area contributed by atoms with Gasteiger partial charge >= 0.3 is 12.0 Å². The standard InChI is InChI=1S/C19H25N5O3/c1-13-5-6-15(14(2)11-13)20-19(25)24-9-7-23(8-10-24)16-12-17(26-3)22-18(21-16)27-4/h5-6,11-12H,7-10H2,1-4H3,(H,20,25). The normalized spacial score (nSPS) is 14.1. The first-order valence-corrected chi connectivity index (χ1v) is 8.85. The average Bonchev–Trinajstić information content (AvgIpc) is 2.69. The number of benzene rings is 1. The number of aromatic nitrogens is 2. The molecule has 1 aromatic carbocycles. The van der Waals surface area contributed by atoms with E-state index in [0.717, 1.165) is 17.1 Å². The molecule has 0 atom stereocenters. The quantitative estimate of drug-likeness (QED) is 0.889. The molecule has 0 bridgehead atoms. The minimum atomic E-state index is -0.0838. The Balaban J connectivity index is 1.62. The van der Waals surface area contributed by atoms with Crippen molar-refractivity contribution in [2.45, 2.75) is 13.8 Å². The van der Waals surface area contributed by atoms with Crippen LogP contribution >= 0.6 is 0 Å². The molecule has 1 aliphatic heterocycles. The van der Waals surface area contributed by atoms with Gasteiger partial charge in [-0.1, -0.05) is 17.7 Å². The number of hydrogen-bond acceptors (Lipinski definition) is 6. The minimum absolute atomic E-state index is 0.0838. The molecule has 2 aromatic rings. The van der Waals surface area contributed by atoms with Crippen LogP contribution in [0.1, 0.15) is 11.1 Å². The Labute approximate surface area is 159 Å². The Morgan fingerprint density at radius 3 is 2.41 bits per heavy atom. The first-order chi connectivity index (χ1) is 13.0. The summed E-state index contributed by atoms with van der Waals surface area (Å²) < 4.78 is 10.3. The van der Waals surface area contributed by atoms with Crippen LogP contribution in [0, 0.1) is 13.8 Å². The first-order valence-electron chi connectivity index (χ1n) is 8.85. The first kappa shape index (κ1) is 18.8. The van der Waals surface area contributed by atoms with Crippen molar-refractivity contribution < 1.29 is 14.3 Å². The monoisotopic (exact) mass is 371 g/mol. The number of urea groups is 1. The summed E-state index contributed by atoms with van der Waals surface area (Å²) in [4.78, 5) is 25.0. The lowest BCUT2D eigenvalue weighted by atomic mass is 10.1. The summed E-state index contributed by atoms with van der Waals surface area (Å²) in [6, 6.07) is 7.95. The lowest BCUT2D eigenvalue weighted by molar-refractivity contribution is 0.208. The third-order valence-corrected chi connectivity index (χ3v) is 4.57. The number of nitrogens with one attached hydrogen (secondary N) is 1. The van der Waals surface area contributed by atoms with Crippen LogP contribution in [-0.2, 0) is 0 Å². The average molecular weight is 371 g/mol. The molecule has 1 aliphatic rings. The Morgan fingerprint density at radius 1 is 1.04 bits per heavy atom. The van der Waals surface area contributed by atoms with E-state index in [2.05, 4.69) is 26.3 Å². The van der Waals surface area contributed by atoms with Crippen LogP contribution in [0.15, 0.2) is 24.3 Å². The highest BCUT2D eigenvalue weighted by Crippen LogP contribution is 2.22. The molecule has 1 saturated heterocycles. The zero-order valence-electron chi connectivity index (χ0n) is 16.2. The van der Waals surface area contributed by atoms with Crippen molar-refractivity contribution in [2.75, 3.05) is 50.6 Å². The van der Waals surface area contributed by atoms with Crippen LogP contribution < -0.4 is 19.7 Å². The van der Waals surface area contributed by atoms with E-state index < -0.39 is 0 Å². The number of ether oxygens (including phenoxy) is 2. The molecular weight excluding hydrogens is 346 g/mol. The van der Waals surface area contributed by atoms with E-state index >= 15 is 0 Å². The van der Waals surface area contributed by atoms with E-state index in [-0.39, 0.29) is 12.0 Å². The van der Waals surface area contributed by atoms with Gasteiger partial charge in [-0.3, -0.25) is 0 Å². The van der Waals surface area contributed by atoms with E-state index in [1.807, 2.05) is 30.9 Å². The van der Waals surface area contributed by atoms with Gasteiger partial charge in [-0.25, -0.2) is 4.79 Å². The van der Waals surface area contributed by atoms with Crippen LogP contribution in [0.3, 0.4) is 0 Å². The van der Waals surface area contributed by atoms with Crippen LogP contribution in [0.2, 0.25) is 0 Å². The molecule has 1 N–H and O–H groups in total. The maximum Gasteiger partial charge on any atom is 0.321 e. The van der Waals surface area contributed by atoms with Gasteiger partial charge in [0, 0.05) is 37.9 Å². The second-order valence-corrected chi connectivity index (χ2v) is 6.48. The summed E-state index contributed by atoms with van der Waals surface area (Å²) in [6.07, 6.45) is 0. The minimum Gasteiger partial charge on any atom is -0.481 e. The SMILES string of the molecule is COc1cc(N2CCN(C(=O)Nc3ccc(C)cc3C)CC2)nc(OC)n1. The highest BCUT2D eigenvalue weighted by atomic mass is 16.5. The third-order valence-electron chi connectivity index (χ3n) is 4.57. The van der Waals surface area contributed by atoms with Gasteiger partial charge in [0.1, 0.15) is 5.82 Å². The van der Waals surface area contributed by atoms with E-state index in [9.17, 15) is 4.79 Å². The van der Waals surface area contributed by atoms with Crippen molar-refractivity contribution in [1.29, 1.82) is 0 Å². The highest BCUT2D eigenvalue weighted by Gasteiger charge is 2.23. The second kappa shape index (κ2) is 8.11. The molecule has 3 rings (SSSR count). The van der Waals surface area contributed by atoms with Crippen LogP contribution in [0.25, 0.3) is 0 Å². The van der Waals surface area contributed by atoms with Gasteiger partial charge in [0.2, 0.25) is 5.88 Å². The predicted molar refractivity (Wildman–Crippen MR) is 104 cm³/mol. The van der Waals surface area contributed by atoms with Crippen LogP contribution in [-0.4, -0.2) is 61.3 Å².